The van der Waals surface area contributed by atoms with Crippen LogP contribution in [0.3, 0.4) is 0 Å². The molecule has 1 aromatic rings. The Morgan fingerprint density at radius 3 is 2.50 bits per heavy atom. The first-order valence-corrected chi connectivity index (χ1v) is 6.82. The second-order valence-electron chi connectivity index (χ2n) is 5.01. The summed E-state index contributed by atoms with van der Waals surface area (Å²) in [4.78, 5) is 20.3. The number of nitrogens with zero attached hydrogens (tertiary/aromatic N) is 2. The van der Waals surface area contributed by atoms with E-state index in [4.69, 9.17) is 5.84 Å². The van der Waals surface area contributed by atoms with E-state index >= 15 is 0 Å². The van der Waals surface area contributed by atoms with E-state index in [9.17, 15) is 4.79 Å². The maximum absolute atomic E-state index is 11.7. The van der Waals surface area contributed by atoms with Crippen molar-refractivity contribution in [2.75, 3.05) is 23.8 Å². The van der Waals surface area contributed by atoms with Crippen molar-refractivity contribution in [1.82, 2.24) is 15.3 Å². The number of aryl methyl sites for hydroxylation is 1. The van der Waals surface area contributed by atoms with Crippen LogP contribution in [-0.4, -0.2) is 29.0 Å². The Kier molecular flexibility index (Phi) is 6.17. The molecule has 0 aliphatic carbocycles. The Hall–Kier alpha value is -1.89. The van der Waals surface area contributed by atoms with E-state index in [0.717, 1.165) is 5.56 Å². The van der Waals surface area contributed by atoms with Crippen molar-refractivity contribution in [1.29, 1.82) is 0 Å². The lowest BCUT2D eigenvalue weighted by molar-refractivity contribution is -0.119. The van der Waals surface area contributed by atoms with Gasteiger partial charge in [-0.2, -0.15) is 0 Å². The number of rotatable bonds is 7. The van der Waals surface area contributed by atoms with Crippen molar-refractivity contribution in [2.24, 2.45) is 11.8 Å². The van der Waals surface area contributed by atoms with Gasteiger partial charge in [0, 0.05) is 18.5 Å². The summed E-state index contributed by atoms with van der Waals surface area (Å²) in [5.74, 6) is 7.68. The van der Waals surface area contributed by atoms with E-state index in [1.807, 2.05) is 13.8 Å². The van der Waals surface area contributed by atoms with Gasteiger partial charge in [-0.05, 0) is 12.8 Å². The molecule has 1 heterocycles. The number of anilines is 2. The summed E-state index contributed by atoms with van der Waals surface area (Å²) in [6.07, 6.45) is 0.698. The summed E-state index contributed by atoms with van der Waals surface area (Å²) < 4.78 is 0. The SMILES string of the molecule is CCc1nc(NN)c(C)c(NCC(=O)NCC(C)C)n1. The van der Waals surface area contributed by atoms with E-state index < -0.39 is 0 Å². The molecule has 0 spiro atoms. The van der Waals surface area contributed by atoms with E-state index in [-0.39, 0.29) is 12.5 Å². The molecular weight excluding hydrogens is 256 g/mol. The number of nitrogens with one attached hydrogen (secondary N) is 3. The van der Waals surface area contributed by atoms with Crippen LogP contribution in [-0.2, 0) is 11.2 Å². The first-order valence-electron chi connectivity index (χ1n) is 6.82. The van der Waals surface area contributed by atoms with E-state index in [0.29, 0.717) is 36.3 Å². The van der Waals surface area contributed by atoms with Gasteiger partial charge >= 0.3 is 0 Å². The summed E-state index contributed by atoms with van der Waals surface area (Å²) in [6.45, 7) is 8.76. The summed E-state index contributed by atoms with van der Waals surface area (Å²) in [7, 11) is 0. The zero-order valence-corrected chi connectivity index (χ0v) is 12.6. The molecule has 1 rings (SSSR count). The van der Waals surface area contributed by atoms with Crippen molar-refractivity contribution in [3.63, 3.8) is 0 Å². The van der Waals surface area contributed by atoms with Crippen LogP contribution in [0.1, 0.15) is 32.2 Å². The second-order valence-corrected chi connectivity index (χ2v) is 5.01. The van der Waals surface area contributed by atoms with Crippen molar-refractivity contribution in [2.45, 2.75) is 34.1 Å². The Bertz CT molecular complexity index is 460. The standard InChI is InChI=1S/C13H24N6O/c1-5-10-17-12(9(4)13(18-10)19-14)16-7-11(20)15-6-8(2)3/h8H,5-7,14H2,1-4H3,(H,15,20)(H2,16,17,18,19). The maximum atomic E-state index is 11.7. The molecule has 0 fully saturated rings. The average Bonchev–Trinajstić information content (AvgIpc) is 2.43. The maximum Gasteiger partial charge on any atom is 0.239 e. The molecule has 0 saturated carbocycles. The summed E-state index contributed by atoms with van der Waals surface area (Å²) in [6, 6.07) is 0. The number of hydrazine groups is 1. The molecule has 0 aliphatic heterocycles. The minimum Gasteiger partial charge on any atom is -0.361 e. The smallest absolute Gasteiger partial charge is 0.239 e. The fraction of sp³-hybridized carbons (Fsp3) is 0.615. The van der Waals surface area contributed by atoms with Gasteiger partial charge in [-0.15, -0.1) is 0 Å². The first kappa shape index (κ1) is 16.2. The second kappa shape index (κ2) is 7.64. The molecule has 7 heteroatoms. The first-order chi connectivity index (χ1) is 9.47. The molecule has 0 saturated heterocycles. The zero-order chi connectivity index (χ0) is 15.1. The molecule has 0 atom stereocenters. The summed E-state index contributed by atoms with van der Waals surface area (Å²) >= 11 is 0. The van der Waals surface area contributed by atoms with Gasteiger partial charge in [-0.3, -0.25) is 4.79 Å². The lowest BCUT2D eigenvalue weighted by Crippen LogP contribution is -2.33. The van der Waals surface area contributed by atoms with Crippen LogP contribution in [0.4, 0.5) is 11.6 Å². The summed E-state index contributed by atoms with van der Waals surface area (Å²) in [5, 5.41) is 5.87. The fourth-order valence-corrected chi connectivity index (χ4v) is 1.58. The van der Waals surface area contributed by atoms with Crippen LogP contribution in [0.15, 0.2) is 0 Å². The minimum absolute atomic E-state index is 0.0583. The molecule has 0 aromatic carbocycles. The Labute approximate surface area is 119 Å². The van der Waals surface area contributed by atoms with Crippen molar-refractivity contribution in [3.8, 4) is 0 Å². The van der Waals surface area contributed by atoms with Gasteiger partial charge in [0.1, 0.15) is 17.5 Å². The normalized spacial score (nSPS) is 10.5. The molecule has 20 heavy (non-hydrogen) atoms. The number of carbonyl (C=O) groups excluding carboxylic acids is 1. The van der Waals surface area contributed by atoms with Gasteiger partial charge in [0.05, 0.1) is 6.54 Å². The van der Waals surface area contributed by atoms with Gasteiger partial charge in [0.15, 0.2) is 0 Å². The molecule has 0 aliphatic rings. The van der Waals surface area contributed by atoms with E-state index in [1.165, 1.54) is 0 Å². The van der Waals surface area contributed by atoms with Crippen LogP contribution in [0.25, 0.3) is 0 Å². The Balaban J connectivity index is 2.69. The van der Waals surface area contributed by atoms with Crippen LogP contribution in [0, 0.1) is 12.8 Å². The minimum atomic E-state index is -0.0583. The van der Waals surface area contributed by atoms with Crippen LogP contribution >= 0.6 is 0 Å². The van der Waals surface area contributed by atoms with Gasteiger partial charge in [-0.1, -0.05) is 20.8 Å². The predicted octanol–water partition coefficient (Wildman–Crippen LogP) is 0.817. The molecule has 7 nitrogen and oxygen atoms in total. The molecular formula is C13H24N6O. The highest BCUT2D eigenvalue weighted by Gasteiger charge is 2.10. The van der Waals surface area contributed by atoms with Gasteiger partial charge in [0.2, 0.25) is 5.91 Å². The number of carbonyl (C=O) groups is 1. The number of hydrogen-bond donors (Lipinski definition) is 4. The van der Waals surface area contributed by atoms with E-state index in [2.05, 4.69) is 39.9 Å². The fourth-order valence-electron chi connectivity index (χ4n) is 1.58. The average molecular weight is 280 g/mol. The monoisotopic (exact) mass is 280 g/mol. The van der Waals surface area contributed by atoms with Gasteiger partial charge in [0.25, 0.3) is 0 Å². The third-order valence-electron chi connectivity index (χ3n) is 2.77. The molecule has 1 amide bonds. The van der Waals surface area contributed by atoms with Gasteiger partial charge < -0.3 is 16.1 Å². The van der Waals surface area contributed by atoms with E-state index in [1.54, 1.807) is 0 Å². The highest BCUT2D eigenvalue weighted by atomic mass is 16.1. The highest BCUT2D eigenvalue weighted by molar-refractivity contribution is 5.80. The van der Waals surface area contributed by atoms with Crippen LogP contribution in [0.2, 0.25) is 0 Å². The van der Waals surface area contributed by atoms with Crippen LogP contribution in [0.5, 0.6) is 0 Å². The number of aromatic nitrogens is 2. The van der Waals surface area contributed by atoms with Crippen LogP contribution < -0.4 is 21.9 Å². The topological polar surface area (TPSA) is 105 Å². The Morgan fingerprint density at radius 1 is 1.30 bits per heavy atom. The zero-order valence-electron chi connectivity index (χ0n) is 12.6. The van der Waals surface area contributed by atoms with Crippen molar-refractivity contribution >= 4 is 17.5 Å². The van der Waals surface area contributed by atoms with Gasteiger partial charge in [-0.25, -0.2) is 15.8 Å². The third kappa shape index (κ3) is 4.65. The quantitative estimate of drug-likeness (QED) is 0.435. The largest absolute Gasteiger partial charge is 0.361 e. The highest BCUT2D eigenvalue weighted by Crippen LogP contribution is 2.18. The number of nitrogen functional groups attached to an aromatic ring is 1. The van der Waals surface area contributed by atoms with Crippen molar-refractivity contribution < 1.29 is 4.79 Å². The lowest BCUT2D eigenvalue weighted by atomic mass is 10.2. The molecule has 5 N–H and O–H groups in total. The number of nitrogens with two attached hydrogens (primary N) is 1. The molecule has 1 aromatic heterocycles. The Morgan fingerprint density at radius 2 is 1.95 bits per heavy atom. The lowest BCUT2D eigenvalue weighted by Gasteiger charge is -2.13. The molecule has 112 valence electrons. The van der Waals surface area contributed by atoms with Crippen molar-refractivity contribution in [3.05, 3.63) is 11.4 Å². The molecule has 0 bridgehead atoms. The number of hydrogen-bond acceptors (Lipinski definition) is 6. The molecule has 0 unspecified atom stereocenters. The molecule has 0 radical (unpaired) electrons. The predicted molar refractivity (Wildman–Crippen MR) is 80.3 cm³/mol. The number of amides is 1. The summed E-state index contributed by atoms with van der Waals surface area (Å²) in [5.41, 5.74) is 3.34. The third-order valence-corrected chi connectivity index (χ3v) is 2.77.